The molecule has 1 saturated heterocycles. The van der Waals surface area contributed by atoms with Crippen LogP contribution in [0.25, 0.3) is 0 Å². The minimum Gasteiger partial charge on any atom is -0.462 e. The van der Waals surface area contributed by atoms with E-state index in [-0.39, 0.29) is 5.97 Å². The topological polar surface area (TPSA) is 42.0 Å². The Balaban J connectivity index is 1.53. The molecular weight excluding hydrogens is 384 g/mol. The number of carbonyl (C=O) groups is 1. The summed E-state index contributed by atoms with van der Waals surface area (Å²) in [7, 11) is 0. The third-order valence-corrected chi connectivity index (χ3v) is 5.61. The Morgan fingerprint density at radius 3 is 2.56 bits per heavy atom. The molecule has 3 rings (SSSR count). The van der Waals surface area contributed by atoms with Gasteiger partial charge in [0.15, 0.2) is 0 Å². The summed E-state index contributed by atoms with van der Waals surface area (Å²) < 4.78 is 11.9. The predicted molar refractivity (Wildman–Crippen MR) is 102 cm³/mol. The lowest BCUT2D eigenvalue weighted by Crippen LogP contribution is -2.47. The van der Waals surface area contributed by atoms with E-state index >= 15 is 0 Å². The third-order valence-electron chi connectivity index (χ3n) is 4.66. The van der Waals surface area contributed by atoms with Crippen LogP contribution in [0.5, 0.6) is 0 Å². The van der Waals surface area contributed by atoms with Crippen molar-refractivity contribution in [3.8, 4) is 0 Å². The fraction of sp³-hybridized carbons (Fsp3) is 0.526. The zero-order chi connectivity index (χ0) is 17.6. The SMILES string of the molecule is CCOC(=O)c1ccc(N2CCN(CC3=C(Br)CCOC3)CC2)cc1. The van der Waals surface area contributed by atoms with Crippen molar-refractivity contribution >= 4 is 27.6 Å². The van der Waals surface area contributed by atoms with E-state index in [0.717, 1.165) is 58.0 Å². The standard InChI is InChI=1S/C19H25BrN2O3/c1-2-25-19(23)15-3-5-17(6-4-15)22-10-8-21(9-11-22)13-16-14-24-12-7-18(16)20/h3-6H,2,7-14H2,1H3. The molecule has 0 bridgehead atoms. The van der Waals surface area contributed by atoms with E-state index in [1.54, 1.807) is 0 Å². The van der Waals surface area contributed by atoms with Gasteiger partial charge >= 0.3 is 5.97 Å². The summed E-state index contributed by atoms with van der Waals surface area (Å²) in [6.45, 7) is 8.81. The number of carbonyl (C=O) groups excluding carboxylic acids is 1. The summed E-state index contributed by atoms with van der Waals surface area (Å²) in [5.41, 5.74) is 3.14. The van der Waals surface area contributed by atoms with Crippen molar-refractivity contribution in [2.75, 3.05) is 57.4 Å². The van der Waals surface area contributed by atoms with Crippen molar-refractivity contribution in [1.82, 2.24) is 4.90 Å². The quantitative estimate of drug-likeness (QED) is 0.700. The first kappa shape index (κ1) is 18.4. The molecular formula is C19H25BrN2O3. The first-order valence-corrected chi connectivity index (χ1v) is 9.65. The van der Waals surface area contributed by atoms with Crippen LogP contribution in [0.1, 0.15) is 23.7 Å². The number of benzene rings is 1. The van der Waals surface area contributed by atoms with Gasteiger partial charge in [-0.25, -0.2) is 4.79 Å². The molecule has 2 heterocycles. The normalized spacial score (nSPS) is 19.2. The van der Waals surface area contributed by atoms with Crippen LogP contribution < -0.4 is 4.90 Å². The van der Waals surface area contributed by atoms with Crippen LogP contribution in [0.2, 0.25) is 0 Å². The van der Waals surface area contributed by atoms with Gasteiger partial charge in [0.1, 0.15) is 0 Å². The molecule has 0 aromatic heterocycles. The molecule has 0 saturated carbocycles. The van der Waals surface area contributed by atoms with E-state index in [4.69, 9.17) is 9.47 Å². The van der Waals surface area contributed by atoms with Gasteiger partial charge in [-0.1, -0.05) is 15.9 Å². The van der Waals surface area contributed by atoms with Gasteiger partial charge in [-0.05, 0) is 36.8 Å². The van der Waals surface area contributed by atoms with Crippen LogP contribution in [0.3, 0.4) is 0 Å². The first-order valence-electron chi connectivity index (χ1n) is 8.86. The summed E-state index contributed by atoms with van der Waals surface area (Å²) >= 11 is 3.68. The summed E-state index contributed by atoms with van der Waals surface area (Å²) in [5.74, 6) is -0.257. The predicted octanol–water partition coefficient (Wildman–Crippen LogP) is 3.05. The molecule has 136 valence electrons. The maximum absolute atomic E-state index is 11.7. The molecule has 0 aliphatic carbocycles. The van der Waals surface area contributed by atoms with E-state index in [0.29, 0.717) is 12.2 Å². The molecule has 2 aliphatic heterocycles. The van der Waals surface area contributed by atoms with Gasteiger partial charge in [-0.2, -0.15) is 0 Å². The second kappa shape index (κ2) is 8.83. The van der Waals surface area contributed by atoms with Crippen LogP contribution in [-0.4, -0.2) is 63.4 Å². The first-order chi connectivity index (χ1) is 12.2. The van der Waals surface area contributed by atoms with Crippen molar-refractivity contribution in [1.29, 1.82) is 0 Å². The Labute approximate surface area is 157 Å². The molecule has 0 unspecified atom stereocenters. The number of hydrogen-bond donors (Lipinski definition) is 0. The van der Waals surface area contributed by atoms with Crippen molar-refractivity contribution in [2.24, 2.45) is 0 Å². The fourth-order valence-electron chi connectivity index (χ4n) is 3.20. The minimum absolute atomic E-state index is 0.257. The smallest absolute Gasteiger partial charge is 0.338 e. The largest absolute Gasteiger partial charge is 0.462 e. The van der Waals surface area contributed by atoms with Gasteiger partial charge in [0, 0.05) is 49.3 Å². The van der Waals surface area contributed by atoms with Crippen LogP contribution >= 0.6 is 15.9 Å². The van der Waals surface area contributed by atoms with Gasteiger partial charge in [0.2, 0.25) is 0 Å². The van der Waals surface area contributed by atoms with E-state index in [2.05, 4.69) is 25.7 Å². The Kier molecular flexibility index (Phi) is 6.51. The van der Waals surface area contributed by atoms with Crippen molar-refractivity contribution in [3.05, 3.63) is 39.9 Å². The van der Waals surface area contributed by atoms with Crippen LogP contribution in [-0.2, 0) is 9.47 Å². The summed E-state index contributed by atoms with van der Waals surface area (Å²) in [4.78, 5) is 16.6. The van der Waals surface area contributed by atoms with E-state index in [1.165, 1.54) is 10.1 Å². The molecule has 0 atom stereocenters. The minimum atomic E-state index is -0.257. The molecule has 5 nitrogen and oxygen atoms in total. The highest BCUT2D eigenvalue weighted by atomic mass is 79.9. The van der Waals surface area contributed by atoms with Crippen LogP contribution in [0, 0.1) is 0 Å². The maximum Gasteiger partial charge on any atom is 0.338 e. The maximum atomic E-state index is 11.7. The van der Waals surface area contributed by atoms with Gasteiger partial charge in [-0.15, -0.1) is 0 Å². The molecule has 0 amide bonds. The van der Waals surface area contributed by atoms with Gasteiger partial charge in [0.05, 0.1) is 25.4 Å². The van der Waals surface area contributed by atoms with Crippen molar-refractivity contribution < 1.29 is 14.3 Å². The number of halogens is 1. The second-order valence-electron chi connectivity index (χ2n) is 6.34. The van der Waals surface area contributed by atoms with Gasteiger partial charge in [-0.3, -0.25) is 4.90 Å². The molecule has 1 aromatic rings. The number of nitrogens with zero attached hydrogens (tertiary/aromatic N) is 2. The third kappa shape index (κ3) is 4.84. The lowest BCUT2D eigenvalue weighted by atomic mass is 10.1. The highest BCUT2D eigenvalue weighted by Crippen LogP contribution is 2.23. The summed E-state index contributed by atoms with van der Waals surface area (Å²) in [6.07, 6.45) is 0.988. The molecule has 1 fully saturated rings. The highest BCUT2D eigenvalue weighted by molar-refractivity contribution is 9.11. The van der Waals surface area contributed by atoms with Crippen molar-refractivity contribution in [3.63, 3.8) is 0 Å². The average molecular weight is 409 g/mol. The number of rotatable bonds is 5. The zero-order valence-electron chi connectivity index (χ0n) is 14.7. The monoisotopic (exact) mass is 408 g/mol. The molecule has 0 radical (unpaired) electrons. The Bertz CT molecular complexity index is 622. The Morgan fingerprint density at radius 2 is 1.92 bits per heavy atom. The number of hydrogen-bond acceptors (Lipinski definition) is 5. The second-order valence-corrected chi connectivity index (χ2v) is 7.30. The molecule has 25 heavy (non-hydrogen) atoms. The molecule has 6 heteroatoms. The zero-order valence-corrected chi connectivity index (χ0v) is 16.3. The number of ether oxygens (including phenoxy) is 2. The average Bonchev–Trinajstić information content (AvgIpc) is 2.65. The lowest BCUT2D eigenvalue weighted by Gasteiger charge is -2.37. The van der Waals surface area contributed by atoms with Gasteiger partial charge in [0.25, 0.3) is 0 Å². The van der Waals surface area contributed by atoms with Crippen LogP contribution in [0.4, 0.5) is 5.69 Å². The fourth-order valence-corrected chi connectivity index (χ4v) is 3.60. The van der Waals surface area contributed by atoms with E-state index < -0.39 is 0 Å². The Morgan fingerprint density at radius 1 is 1.20 bits per heavy atom. The highest BCUT2D eigenvalue weighted by Gasteiger charge is 2.20. The molecule has 2 aliphatic rings. The number of esters is 1. The number of piperazine rings is 1. The number of anilines is 1. The molecule has 1 aromatic carbocycles. The van der Waals surface area contributed by atoms with E-state index in [9.17, 15) is 4.79 Å². The molecule has 0 spiro atoms. The molecule has 0 N–H and O–H groups in total. The van der Waals surface area contributed by atoms with Crippen LogP contribution in [0.15, 0.2) is 34.3 Å². The lowest BCUT2D eigenvalue weighted by molar-refractivity contribution is 0.0526. The van der Waals surface area contributed by atoms with E-state index in [1.807, 2.05) is 31.2 Å². The summed E-state index contributed by atoms with van der Waals surface area (Å²) in [5, 5.41) is 0. The Hall–Kier alpha value is -1.37. The van der Waals surface area contributed by atoms with Crippen molar-refractivity contribution in [2.45, 2.75) is 13.3 Å². The van der Waals surface area contributed by atoms with Gasteiger partial charge < -0.3 is 14.4 Å². The summed E-state index contributed by atoms with van der Waals surface area (Å²) in [6, 6.07) is 7.72.